The van der Waals surface area contributed by atoms with E-state index in [1.807, 2.05) is 6.07 Å². The number of piperidine rings is 1. The average Bonchev–Trinajstić information content (AvgIpc) is 2.43. The Balaban J connectivity index is 2.14. The molecule has 0 spiro atoms. The molecule has 0 radical (unpaired) electrons. The zero-order chi connectivity index (χ0) is 12.8. The smallest absolute Gasteiger partial charge is 0.0628 e. The van der Waals surface area contributed by atoms with Crippen molar-refractivity contribution in [2.75, 3.05) is 13.2 Å². The van der Waals surface area contributed by atoms with E-state index in [4.69, 9.17) is 0 Å². The summed E-state index contributed by atoms with van der Waals surface area (Å²) in [4.78, 5) is 2.53. The van der Waals surface area contributed by atoms with Crippen LogP contribution in [0.15, 0.2) is 30.3 Å². The quantitative estimate of drug-likeness (QED) is 0.862. The average molecular weight is 247 g/mol. The largest absolute Gasteiger partial charge is 0.394 e. The highest BCUT2D eigenvalue weighted by Crippen LogP contribution is 2.30. The van der Waals surface area contributed by atoms with Crippen molar-refractivity contribution in [3.05, 3.63) is 35.9 Å². The van der Waals surface area contributed by atoms with E-state index in [-0.39, 0.29) is 12.6 Å². The van der Waals surface area contributed by atoms with Crippen LogP contribution in [0.1, 0.15) is 50.6 Å². The molecule has 2 atom stereocenters. The lowest BCUT2D eigenvalue weighted by molar-refractivity contribution is 0.0521. The van der Waals surface area contributed by atoms with Crippen LogP contribution in [-0.2, 0) is 0 Å². The molecule has 0 unspecified atom stereocenters. The number of aliphatic hydroxyl groups is 1. The van der Waals surface area contributed by atoms with Crippen LogP contribution >= 0.6 is 0 Å². The molecule has 0 bridgehead atoms. The number of likely N-dealkylation sites (tertiary alicyclic amines) is 1. The van der Waals surface area contributed by atoms with E-state index >= 15 is 0 Å². The third kappa shape index (κ3) is 3.12. The lowest BCUT2D eigenvalue weighted by Gasteiger charge is -2.41. The van der Waals surface area contributed by atoms with Gasteiger partial charge in [-0.2, -0.15) is 0 Å². The summed E-state index contributed by atoms with van der Waals surface area (Å²) in [6.45, 7) is 3.61. The maximum atomic E-state index is 9.78. The number of rotatable bonds is 5. The summed E-state index contributed by atoms with van der Waals surface area (Å²) in [6.07, 6.45) is 6.38. The van der Waals surface area contributed by atoms with Crippen LogP contribution in [0.5, 0.6) is 0 Å². The maximum absolute atomic E-state index is 9.78. The van der Waals surface area contributed by atoms with Gasteiger partial charge in [0.05, 0.1) is 12.6 Å². The highest BCUT2D eigenvalue weighted by Gasteiger charge is 2.28. The predicted octanol–water partition coefficient (Wildman–Crippen LogP) is 3.37. The minimum Gasteiger partial charge on any atom is -0.394 e. The Kier molecular flexibility index (Phi) is 5.21. The summed E-state index contributed by atoms with van der Waals surface area (Å²) in [5.41, 5.74) is 1.25. The van der Waals surface area contributed by atoms with E-state index in [2.05, 4.69) is 36.1 Å². The van der Waals surface area contributed by atoms with Gasteiger partial charge in [0.2, 0.25) is 0 Å². The van der Waals surface area contributed by atoms with E-state index in [1.165, 1.54) is 37.7 Å². The summed E-state index contributed by atoms with van der Waals surface area (Å²) >= 11 is 0. The molecule has 1 heterocycles. The second-order valence-electron chi connectivity index (χ2n) is 5.29. The molecule has 1 saturated heterocycles. The molecular weight excluding hydrogens is 222 g/mol. The molecule has 0 saturated carbocycles. The number of nitrogens with zero attached hydrogens (tertiary/aromatic N) is 1. The molecule has 1 aliphatic heterocycles. The molecule has 2 heteroatoms. The fraction of sp³-hybridized carbons (Fsp3) is 0.625. The summed E-state index contributed by atoms with van der Waals surface area (Å²) in [5, 5.41) is 9.78. The van der Waals surface area contributed by atoms with Gasteiger partial charge in [-0.15, -0.1) is 0 Å². The SMILES string of the molecule is CCC[C@H]1CCCCN1[C@@H](CO)c1ccccc1. The van der Waals surface area contributed by atoms with Crippen LogP contribution < -0.4 is 0 Å². The number of benzene rings is 1. The van der Waals surface area contributed by atoms with Crippen molar-refractivity contribution in [2.24, 2.45) is 0 Å². The van der Waals surface area contributed by atoms with Crippen molar-refractivity contribution in [1.82, 2.24) is 4.90 Å². The minimum absolute atomic E-state index is 0.183. The van der Waals surface area contributed by atoms with E-state index in [0.717, 1.165) is 6.54 Å². The molecular formula is C16H25NO. The van der Waals surface area contributed by atoms with Gasteiger partial charge >= 0.3 is 0 Å². The van der Waals surface area contributed by atoms with Crippen molar-refractivity contribution in [3.8, 4) is 0 Å². The number of aliphatic hydroxyl groups excluding tert-OH is 1. The first-order chi connectivity index (χ1) is 8.86. The zero-order valence-electron chi connectivity index (χ0n) is 11.4. The third-order valence-electron chi connectivity index (χ3n) is 4.05. The Morgan fingerprint density at radius 2 is 2.06 bits per heavy atom. The fourth-order valence-corrected chi connectivity index (χ4v) is 3.15. The molecule has 2 rings (SSSR count). The second kappa shape index (κ2) is 6.91. The third-order valence-corrected chi connectivity index (χ3v) is 4.05. The fourth-order valence-electron chi connectivity index (χ4n) is 3.15. The van der Waals surface area contributed by atoms with Crippen molar-refractivity contribution in [1.29, 1.82) is 0 Å². The summed E-state index contributed by atoms with van der Waals surface area (Å²) < 4.78 is 0. The van der Waals surface area contributed by atoms with Crippen molar-refractivity contribution < 1.29 is 5.11 Å². The zero-order valence-corrected chi connectivity index (χ0v) is 11.4. The van der Waals surface area contributed by atoms with Gasteiger partial charge in [0.1, 0.15) is 0 Å². The maximum Gasteiger partial charge on any atom is 0.0628 e. The molecule has 1 aromatic carbocycles. The normalized spacial score (nSPS) is 22.9. The Labute approximate surface area is 111 Å². The minimum atomic E-state index is 0.183. The molecule has 1 aliphatic rings. The van der Waals surface area contributed by atoms with Gasteiger partial charge in [0.25, 0.3) is 0 Å². The highest BCUT2D eigenvalue weighted by molar-refractivity contribution is 5.19. The van der Waals surface area contributed by atoms with Crippen LogP contribution in [0.4, 0.5) is 0 Å². The first kappa shape index (κ1) is 13.6. The van der Waals surface area contributed by atoms with Crippen LogP contribution in [0.3, 0.4) is 0 Å². The Morgan fingerprint density at radius 3 is 2.72 bits per heavy atom. The Hall–Kier alpha value is -0.860. The van der Waals surface area contributed by atoms with Crippen molar-refractivity contribution in [3.63, 3.8) is 0 Å². The van der Waals surface area contributed by atoms with Crippen LogP contribution in [0.2, 0.25) is 0 Å². The van der Waals surface area contributed by atoms with E-state index in [1.54, 1.807) is 0 Å². The molecule has 0 amide bonds. The van der Waals surface area contributed by atoms with Gasteiger partial charge in [-0.25, -0.2) is 0 Å². The lowest BCUT2D eigenvalue weighted by atomic mass is 9.94. The summed E-state index contributed by atoms with van der Waals surface area (Å²) in [5.74, 6) is 0. The molecule has 0 aromatic heterocycles. The molecule has 2 nitrogen and oxygen atoms in total. The van der Waals surface area contributed by atoms with Crippen LogP contribution in [-0.4, -0.2) is 29.2 Å². The molecule has 1 N–H and O–H groups in total. The lowest BCUT2D eigenvalue weighted by Crippen LogP contribution is -2.43. The summed E-state index contributed by atoms with van der Waals surface area (Å²) in [7, 11) is 0. The van der Waals surface area contributed by atoms with Gasteiger partial charge in [-0.1, -0.05) is 50.1 Å². The van der Waals surface area contributed by atoms with E-state index in [0.29, 0.717) is 6.04 Å². The first-order valence-electron chi connectivity index (χ1n) is 7.28. The van der Waals surface area contributed by atoms with Gasteiger partial charge in [-0.05, 0) is 31.4 Å². The molecule has 100 valence electrons. The molecule has 18 heavy (non-hydrogen) atoms. The predicted molar refractivity (Wildman–Crippen MR) is 75.5 cm³/mol. The van der Waals surface area contributed by atoms with Gasteiger partial charge in [-0.3, -0.25) is 4.90 Å². The monoisotopic (exact) mass is 247 g/mol. The van der Waals surface area contributed by atoms with E-state index < -0.39 is 0 Å². The Bertz CT molecular complexity index is 336. The van der Waals surface area contributed by atoms with Crippen molar-refractivity contribution in [2.45, 2.75) is 51.1 Å². The van der Waals surface area contributed by atoms with Crippen molar-refractivity contribution >= 4 is 0 Å². The van der Waals surface area contributed by atoms with Crippen LogP contribution in [0.25, 0.3) is 0 Å². The summed E-state index contributed by atoms with van der Waals surface area (Å²) in [6, 6.07) is 11.3. The standard InChI is InChI=1S/C16H25NO/c1-2-8-15-11-6-7-12-17(15)16(13-18)14-9-4-3-5-10-14/h3-5,9-10,15-16,18H,2,6-8,11-13H2,1H3/t15-,16-/m0/s1. The highest BCUT2D eigenvalue weighted by atomic mass is 16.3. The Morgan fingerprint density at radius 1 is 1.28 bits per heavy atom. The molecule has 1 aromatic rings. The second-order valence-corrected chi connectivity index (χ2v) is 5.29. The number of hydrogen-bond acceptors (Lipinski definition) is 2. The number of hydrogen-bond donors (Lipinski definition) is 1. The van der Waals surface area contributed by atoms with Gasteiger partial charge in [0, 0.05) is 6.04 Å². The van der Waals surface area contributed by atoms with E-state index in [9.17, 15) is 5.11 Å². The van der Waals surface area contributed by atoms with Crippen LogP contribution in [0, 0.1) is 0 Å². The van der Waals surface area contributed by atoms with Gasteiger partial charge in [0.15, 0.2) is 0 Å². The molecule has 0 aliphatic carbocycles. The first-order valence-corrected chi connectivity index (χ1v) is 7.28. The van der Waals surface area contributed by atoms with Gasteiger partial charge < -0.3 is 5.11 Å². The topological polar surface area (TPSA) is 23.5 Å². The molecule has 1 fully saturated rings.